The molecular weight excluding hydrogens is 282 g/mol. The van der Waals surface area contributed by atoms with Crippen LogP contribution in [0.1, 0.15) is 18.7 Å². The van der Waals surface area contributed by atoms with E-state index >= 15 is 0 Å². The lowest BCUT2D eigenvalue weighted by Gasteiger charge is -2.34. The van der Waals surface area contributed by atoms with Crippen molar-refractivity contribution >= 4 is 17.8 Å². The minimum Gasteiger partial charge on any atom is -0.368 e. The van der Waals surface area contributed by atoms with Crippen molar-refractivity contribution in [1.29, 1.82) is 0 Å². The van der Waals surface area contributed by atoms with E-state index in [0.717, 1.165) is 39.0 Å². The summed E-state index contributed by atoms with van der Waals surface area (Å²) < 4.78 is 0. The Labute approximate surface area is 130 Å². The fourth-order valence-corrected chi connectivity index (χ4v) is 2.61. The summed E-state index contributed by atoms with van der Waals surface area (Å²) in [4.78, 5) is 30.8. The summed E-state index contributed by atoms with van der Waals surface area (Å²) in [5, 5.41) is 0. The minimum atomic E-state index is 0.247. The van der Waals surface area contributed by atoms with Gasteiger partial charge in [0.15, 0.2) is 0 Å². The van der Waals surface area contributed by atoms with E-state index in [-0.39, 0.29) is 5.95 Å². The van der Waals surface area contributed by atoms with Gasteiger partial charge in [-0.1, -0.05) is 0 Å². The van der Waals surface area contributed by atoms with Gasteiger partial charge in [-0.2, -0.15) is 15.0 Å². The van der Waals surface area contributed by atoms with Gasteiger partial charge in [0.1, 0.15) is 5.82 Å². The largest absolute Gasteiger partial charge is 0.368 e. The SMILES string of the molecule is CN(C)c1nc(N)nc(CN2CCN(C(=O)C3CC3)CC2)n1. The molecule has 0 unspecified atom stereocenters. The molecule has 0 spiro atoms. The van der Waals surface area contributed by atoms with Crippen LogP contribution in [0.4, 0.5) is 11.9 Å². The summed E-state index contributed by atoms with van der Waals surface area (Å²) in [6.07, 6.45) is 2.13. The van der Waals surface area contributed by atoms with Gasteiger partial charge in [0.2, 0.25) is 17.8 Å². The smallest absolute Gasteiger partial charge is 0.229 e. The Balaban J connectivity index is 1.57. The number of carbonyl (C=O) groups is 1. The van der Waals surface area contributed by atoms with Crippen LogP contribution >= 0.6 is 0 Å². The Bertz CT molecular complexity index is 550. The molecule has 1 aromatic heterocycles. The predicted octanol–water partition coefficient (Wildman–Crippen LogP) is -0.426. The number of hydrogen-bond donors (Lipinski definition) is 1. The Morgan fingerprint density at radius 1 is 1.18 bits per heavy atom. The Morgan fingerprint density at radius 2 is 1.86 bits per heavy atom. The predicted molar refractivity (Wildman–Crippen MR) is 83.1 cm³/mol. The van der Waals surface area contributed by atoms with Gasteiger partial charge in [-0.3, -0.25) is 9.69 Å². The topological polar surface area (TPSA) is 91.5 Å². The molecular formula is C14H23N7O. The summed E-state index contributed by atoms with van der Waals surface area (Å²) >= 11 is 0. The highest BCUT2D eigenvalue weighted by Crippen LogP contribution is 2.31. The van der Waals surface area contributed by atoms with Crippen molar-refractivity contribution in [1.82, 2.24) is 24.8 Å². The molecule has 2 heterocycles. The fourth-order valence-electron chi connectivity index (χ4n) is 2.61. The van der Waals surface area contributed by atoms with Crippen LogP contribution in [0.25, 0.3) is 0 Å². The summed E-state index contributed by atoms with van der Waals surface area (Å²) in [6, 6.07) is 0. The first kappa shape index (κ1) is 15.0. The zero-order valence-electron chi connectivity index (χ0n) is 13.2. The monoisotopic (exact) mass is 305 g/mol. The maximum Gasteiger partial charge on any atom is 0.229 e. The molecule has 1 saturated carbocycles. The van der Waals surface area contributed by atoms with Crippen LogP contribution in [0.5, 0.6) is 0 Å². The first-order chi connectivity index (χ1) is 10.5. The standard InChI is InChI=1S/C14H23N7O/c1-19(2)14-17-11(16-13(15)18-14)9-20-5-7-21(8-6-20)12(22)10-3-4-10/h10H,3-9H2,1-2H3,(H2,15,16,17,18). The molecule has 22 heavy (non-hydrogen) atoms. The lowest BCUT2D eigenvalue weighted by Crippen LogP contribution is -2.48. The normalized spacial score (nSPS) is 19.3. The number of amides is 1. The first-order valence-electron chi connectivity index (χ1n) is 7.72. The molecule has 0 bridgehead atoms. The molecule has 0 radical (unpaired) electrons. The lowest BCUT2D eigenvalue weighted by molar-refractivity contribution is -0.134. The number of rotatable bonds is 4. The van der Waals surface area contributed by atoms with Crippen LogP contribution < -0.4 is 10.6 Å². The van der Waals surface area contributed by atoms with Crippen LogP contribution in [0, 0.1) is 5.92 Å². The summed E-state index contributed by atoms with van der Waals surface area (Å²) in [7, 11) is 3.75. The number of nitrogen functional groups attached to an aromatic ring is 1. The van der Waals surface area contributed by atoms with Crippen LogP contribution in [0.3, 0.4) is 0 Å². The maximum absolute atomic E-state index is 12.0. The molecule has 1 aliphatic heterocycles. The second kappa shape index (κ2) is 6.04. The average molecular weight is 305 g/mol. The molecule has 2 aliphatic rings. The fraction of sp³-hybridized carbons (Fsp3) is 0.714. The number of aromatic nitrogens is 3. The zero-order chi connectivity index (χ0) is 15.7. The number of carbonyl (C=O) groups excluding carboxylic acids is 1. The number of anilines is 2. The molecule has 3 rings (SSSR count). The molecule has 8 nitrogen and oxygen atoms in total. The third kappa shape index (κ3) is 3.44. The summed E-state index contributed by atoms with van der Waals surface area (Å²) in [6.45, 7) is 3.91. The highest BCUT2D eigenvalue weighted by atomic mass is 16.2. The Kier molecular flexibility index (Phi) is 4.10. The highest BCUT2D eigenvalue weighted by Gasteiger charge is 2.34. The van der Waals surface area contributed by atoms with Gasteiger partial charge < -0.3 is 15.5 Å². The van der Waals surface area contributed by atoms with Crippen molar-refractivity contribution in [2.24, 2.45) is 5.92 Å². The maximum atomic E-state index is 12.0. The molecule has 2 N–H and O–H groups in total. The van der Waals surface area contributed by atoms with Gasteiger partial charge in [-0.25, -0.2) is 0 Å². The zero-order valence-corrected chi connectivity index (χ0v) is 13.2. The number of nitrogens with zero attached hydrogens (tertiary/aromatic N) is 6. The summed E-state index contributed by atoms with van der Waals surface area (Å²) in [5.41, 5.74) is 5.74. The second-order valence-electron chi connectivity index (χ2n) is 6.18. The van der Waals surface area contributed by atoms with Crippen molar-refractivity contribution in [3.8, 4) is 0 Å². The molecule has 8 heteroatoms. The van der Waals surface area contributed by atoms with Gasteiger partial charge >= 0.3 is 0 Å². The van der Waals surface area contributed by atoms with Crippen molar-refractivity contribution < 1.29 is 4.79 Å². The van der Waals surface area contributed by atoms with Crippen molar-refractivity contribution in [2.45, 2.75) is 19.4 Å². The Morgan fingerprint density at radius 3 is 2.45 bits per heavy atom. The van der Waals surface area contributed by atoms with E-state index in [0.29, 0.717) is 30.1 Å². The van der Waals surface area contributed by atoms with Gasteiger partial charge in [0, 0.05) is 46.2 Å². The van der Waals surface area contributed by atoms with Gasteiger partial charge in [-0.05, 0) is 12.8 Å². The van der Waals surface area contributed by atoms with E-state index in [1.54, 1.807) is 0 Å². The molecule has 1 aliphatic carbocycles. The molecule has 120 valence electrons. The number of nitrogens with two attached hydrogens (primary N) is 1. The van der Waals surface area contributed by atoms with Gasteiger partial charge in [0.05, 0.1) is 6.54 Å². The van der Waals surface area contributed by atoms with Crippen molar-refractivity contribution in [3.05, 3.63) is 5.82 Å². The van der Waals surface area contributed by atoms with Crippen LogP contribution in [-0.4, -0.2) is 70.9 Å². The van der Waals surface area contributed by atoms with Gasteiger partial charge in [-0.15, -0.1) is 0 Å². The van der Waals surface area contributed by atoms with Gasteiger partial charge in [0.25, 0.3) is 0 Å². The highest BCUT2D eigenvalue weighted by molar-refractivity contribution is 5.81. The molecule has 1 amide bonds. The molecule has 1 aromatic rings. The first-order valence-corrected chi connectivity index (χ1v) is 7.72. The van der Waals surface area contributed by atoms with Crippen LogP contribution in [-0.2, 0) is 11.3 Å². The van der Waals surface area contributed by atoms with Crippen LogP contribution in [0.15, 0.2) is 0 Å². The van der Waals surface area contributed by atoms with E-state index in [1.807, 2.05) is 23.9 Å². The third-order valence-electron chi connectivity index (χ3n) is 4.06. The minimum absolute atomic E-state index is 0.247. The second-order valence-corrected chi connectivity index (χ2v) is 6.18. The third-order valence-corrected chi connectivity index (χ3v) is 4.06. The Hall–Kier alpha value is -1.96. The number of piperazine rings is 1. The quantitative estimate of drug-likeness (QED) is 0.807. The van der Waals surface area contributed by atoms with E-state index in [2.05, 4.69) is 19.9 Å². The van der Waals surface area contributed by atoms with E-state index in [9.17, 15) is 4.79 Å². The molecule has 2 fully saturated rings. The van der Waals surface area contributed by atoms with E-state index in [1.165, 1.54) is 0 Å². The van der Waals surface area contributed by atoms with E-state index < -0.39 is 0 Å². The summed E-state index contributed by atoms with van der Waals surface area (Å²) in [5.74, 6) is 2.14. The van der Waals surface area contributed by atoms with Crippen LogP contribution in [0.2, 0.25) is 0 Å². The average Bonchev–Trinajstić information content (AvgIpc) is 3.31. The molecule has 1 saturated heterocycles. The molecule has 0 aromatic carbocycles. The van der Waals surface area contributed by atoms with E-state index in [4.69, 9.17) is 5.73 Å². The molecule has 0 atom stereocenters. The lowest BCUT2D eigenvalue weighted by atomic mass is 10.2. The number of hydrogen-bond acceptors (Lipinski definition) is 7. The van der Waals surface area contributed by atoms with Crippen molar-refractivity contribution in [2.75, 3.05) is 50.9 Å². The van der Waals surface area contributed by atoms with Crippen molar-refractivity contribution in [3.63, 3.8) is 0 Å².